The molecule has 0 atom stereocenters. The zero-order chi connectivity index (χ0) is 12.5. The summed E-state index contributed by atoms with van der Waals surface area (Å²) in [5, 5.41) is 10.5. The van der Waals surface area contributed by atoms with Gasteiger partial charge in [-0.2, -0.15) is 8.42 Å². The van der Waals surface area contributed by atoms with Gasteiger partial charge in [-0.1, -0.05) is 11.6 Å². The van der Waals surface area contributed by atoms with Gasteiger partial charge in [-0.05, 0) is 24.1 Å². The van der Waals surface area contributed by atoms with Crippen LogP contribution in [0.25, 0.3) is 0 Å². The van der Waals surface area contributed by atoms with Crippen LogP contribution in [-0.4, -0.2) is 17.9 Å². The van der Waals surface area contributed by atoms with Gasteiger partial charge in [0.25, 0.3) is 15.8 Å². The molecule has 0 saturated heterocycles. The first-order valence-electron chi connectivity index (χ1n) is 4.09. The second-order valence-electron chi connectivity index (χ2n) is 3.21. The van der Waals surface area contributed by atoms with E-state index in [2.05, 4.69) is 0 Å². The van der Waals surface area contributed by atoms with Crippen LogP contribution in [0.5, 0.6) is 0 Å². The zero-order valence-electron chi connectivity index (χ0n) is 8.18. The van der Waals surface area contributed by atoms with Gasteiger partial charge in [-0.25, -0.2) is 0 Å². The standard InChI is InChI=1S/C8H8ClNO5S/c1-5-2-7(9)8(10(11)12)3-6(5)4-16(13,14)15/h2-3H,4H2,1H3,(H,13,14,15). The topological polar surface area (TPSA) is 97.5 Å². The molecule has 0 aromatic heterocycles. The Hall–Kier alpha value is -1.18. The number of hydrogen-bond donors (Lipinski definition) is 1. The summed E-state index contributed by atoms with van der Waals surface area (Å²) >= 11 is 5.61. The fraction of sp³-hybridized carbons (Fsp3) is 0.250. The number of nitro benzene ring substituents is 1. The molecule has 1 N–H and O–H groups in total. The molecule has 0 saturated carbocycles. The molecule has 0 amide bonds. The van der Waals surface area contributed by atoms with E-state index in [0.29, 0.717) is 5.56 Å². The van der Waals surface area contributed by atoms with Crippen molar-refractivity contribution in [1.82, 2.24) is 0 Å². The van der Waals surface area contributed by atoms with Crippen molar-refractivity contribution in [3.8, 4) is 0 Å². The molecule has 1 aromatic rings. The lowest BCUT2D eigenvalue weighted by molar-refractivity contribution is -0.384. The minimum absolute atomic E-state index is 0.0680. The maximum Gasteiger partial charge on any atom is 0.288 e. The summed E-state index contributed by atoms with van der Waals surface area (Å²) in [6.07, 6.45) is 0. The van der Waals surface area contributed by atoms with Crippen molar-refractivity contribution < 1.29 is 17.9 Å². The third-order valence-electron chi connectivity index (χ3n) is 1.94. The molecule has 0 bridgehead atoms. The number of hydrogen-bond acceptors (Lipinski definition) is 4. The summed E-state index contributed by atoms with van der Waals surface area (Å²) in [7, 11) is -4.22. The molecule has 88 valence electrons. The van der Waals surface area contributed by atoms with Crippen LogP contribution in [0.1, 0.15) is 11.1 Å². The Morgan fingerprint density at radius 3 is 2.50 bits per heavy atom. The predicted octanol–water partition coefficient (Wildman–Crippen LogP) is 1.94. The number of rotatable bonds is 3. The van der Waals surface area contributed by atoms with Gasteiger partial charge in [0, 0.05) is 6.07 Å². The molecule has 0 heterocycles. The second-order valence-corrected chi connectivity index (χ2v) is 5.07. The number of nitro groups is 1. The van der Waals surface area contributed by atoms with E-state index in [1.807, 2.05) is 0 Å². The van der Waals surface area contributed by atoms with E-state index in [-0.39, 0.29) is 16.3 Å². The van der Waals surface area contributed by atoms with Crippen LogP contribution in [0.3, 0.4) is 0 Å². The van der Waals surface area contributed by atoms with Crippen molar-refractivity contribution in [2.45, 2.75) is 12.7 Å². The molecular formula is C8H8ClNO5S. The van der Waals surface area contributed by atoms with Crippen molar-refractivity contribution >= 4 is 27.4 Å². The molecule has 0 aliphatic rings. The highest BCUT2D eigenvalue weighted by Gasteiger charge is 2.18. The summed E-state index contributed by atoms with van der Waals surface area (Å²) in [4.78, 5) is 9.85. The van der Waals surface area contributed by atoms with Crippen LogP contribution in [0.4, 0.5) is 5.69 Å². The highest BCUT2D eigenvalue weighted by molar-refractivity contribution is 7.85. The lowest BCUT2D eigenvalue weighted by Crippen LogP contribution is -2.04. The van der Waals surface area contributed by atoms with Gasteiger partial charge in [0.05, 0.1) is 4.92 Å². The molecule has 6 nitrogen and oxygen atoms in total. The number of nitrogens with zero attached hydrogens (tertiary/aromatic N) is 1. The van der Waals surface area contributed by atoms with Gasteiger partial charge >= 0.3 is 0 Å². The van der Waals surface area contributed by atoms with Crippen LogP contribution in [-0.2, 0) is 15.9 Å². The van der Waals surface area contributed by atoms with Gasteiger partial charge in [-0.15, -0.1) is 0 Å². The van der Waals surface area contributed by atoms with Crippen LogP contribution in [0.15, 0.2) is 12.1 Å². The molecule has 1 rings (SSSR count). The molecule has 0 aliphatic carbocycles. The van der Waals surface area contributed by atoms with E-state index < -0.39 is 20.8 Å². The molecular weight excluding hydrogens is 258 g/mol. The van der Waals surface area contributed by atoms with Crippen LogP contribution in [0, 0.1) is 17.0 Å². The first kappa shape index (κ1) is 12.9. The Balaban J connectivity index is 3.31. The van der Waals surface area contributed by atoms with Crippen molar-refractivity contribution in [2.24, 2.45) is 0 Å². The average molecular weight is 266 g/mol. The van der Waals surface area contributed by atoms with E-state index >= 15 is 0 Å². The van der Waals surface area contributed by atoms with E-state index in [4.69, 9.17) is 16.2 Å². The third-order valence-corrected chi connectivity index (χ3v) is 2.92. The highest BCUT2D eigenvalue weighted by atomic mass is 35.5. The summed E-state index contributed by atoms with van der Waals surface area (Å²) in [5.41, 5.74) is 0.234. The number of halogens is 1. The van der Waals surface area contributed by atoms with E-state index in [1.54, 1.807) is 6.92 Å². The first-order chi connectivity index (χ1) is 7.20. The first-order valence-corrected chi connectivity index (χ1v) is 6.08. The SMILES string of the molecule is Cc1cc(Cl)c([N+](=O)[O-])cc1CS(=O)(=O)O. The van der Waals surface area contributed by atoms with Gasteiger partial charge in [0.1, 0.15) is 10.8 Å². The normalized spacial score (nSPS) is 11.4. The molecule has 0 fully saturated rings. The van der Waals surface area contributed by atoms with Crippen LogP contribution >= 0.6 is 11.6 Å². The van der Waals surface area contributed by atoms with Gasteiger partial charge < -0.3 is 0 Å². The maximum atomic E-state index is 10.7. The third kappa shape index (κ3) is 3.16. The summed E-state index contributed by atoms with van der Waals surface area (Å²) in [5.74, 6) is -0.670. The van der Waals surface area contributed by atoms with Gasteiger partial charge in [-0.3, -0.25) is 14.7 Å². The number of benzene rings is 1. The Kier molecular flexibility index (Phi) is 3.51. The smallest absolute Gasteiger partial charge is 0.285 e. The largest absolute Gasteiger partial charge is 0.288 e. The molecule has 8 heteroatoms. The fourth-order valence-corrected chi connectivity index (χ4v) is 2.19. The molecule has 16 heavy (non-hydrogen) atoms. The minimum Gasteiger partial charge on any atom is -0.285 e. The van der Waals surface area contributed by atoms with Crippen molar-refractivity contribution in [2.75, 3.05) is 0 Å². The highest BCUT2D eigenvalue weighted by Crippen LogP contribution is 2.28. The predicted molar refractivity (Wildman–Crippen MR) is 58.1 cm³/mol. The second kappa shape index (κ2) is 4.36. The number of aryl methyl sites for hydroxylation is 1. The minimum atomic E-state index is -4.22. The fourth-order valence-electron chi connectivity index (χ4n) is 1.20. The monoisotopic (exact) mass is 265 g/mol. The molecule has 0 radical (unpaired) electrons. The van der Waals surface area contributed by atoms with Gasteiger partial charge in [0.15, 0.2) is 0 Å². The Labute approximate surface area is 96.7 Å². The lowest BCUT2D eigenvalue weighted by atomic mass is 10.1. The van der Waals surface area contributed by atoms with Crippen LogP contribution in [0.2, 0.25) is 5.02 Å². The maximum absolute atomic E-state index is 10.7. The van der Waals surface area contributed by atoms with Crippen LogP contribution < -0.4 is 0 Å². The molecule has 0 aliphatic heterocycles. The average Bonchev–Trinajstić information content (AvgIpc) is 2.07. The summed E-state index contributed by atoms with van der Waals surface area (Å²) in [6, 6.07) is 2.34. The van der Waals surface area contributed by atoms with Crippen molar-refractivity contribution in [3.05, 3.63) is 38.4 Å². The zero-order valence-corrected chi connectivity index (χ0v) is 9.75. The van der Waals surface area contributed by atoms with E-state index in [0.717, 1.165) is 6.07 Å². The van der Waals surface area contributed by atoms with Crippen molar-refractivity contribution in [1.29, 1.82) is 0 Å². The molecule has 1 aromatic carbocycles. The van der Waals surface area contributed by atoms with Gasteiger partial charge in [0.2, 0.25) is 0 Å². The quantitative estimate of drug-likeness (QED) is 0.512. The Bertz CT molecular complexity index is 540. The molecule has 0 spiro atoms. The van der Waals surface area contributed by atoms with E-state index in [9.17, 15) is 18.5 Å². The Morgan fingerprint density at radius 2 is 2.06 bits per heavy atom. The summed E-state index contributed by atoms with van der Waals surface area (Å²) in [6.45, 7) is 1.55. The van der Waals surface area contributed by atoms with Crippen molar-refractivity contribution in [3.63, 3.8) is 0 Å². The molecule has 0 unspecified atom stereocenters. The summed E-state index contributed by atoms with van der Waals surface area (Å²) < 4.78 is 30.0. The van der Waals surface area contributed by atoms with E-state index in [1.165, 1.54) is 6.07 Å². The Morgan fingerprint density at radius 1 is 1.50 bits per heavy atom. The lowest BCUT2D eigenvalue weighted by Gasteiger charge is -2.04.